The van der Waals surface area contributed by atoms with Crippen LogP contribution < -0.4 is 14.8 Å². The second-order valence-electron chi connectivity index (χ2n) is 8.69. The van der Waals surface area contributed by atoms with E-state index in [-0.39, 0.29) is 16.8 Å². The molecule has 1 atom stereocenters. The van der Waals surface area contributed by atoms with Crippen LogP contribution in [0.3, 0.4) is 0 Å². The van der Waals surface area contributed by atoms with Crippen LogP contribution in [0.4, 0.5) is 5.69 Å². The highest BCUT2D eigenvalue weighted by molar-refractivity contribution is 7.92. The summed E-state index contributed by atoms with van der Waals surface area (Å²) in [7, 11) is -2.11. The van der Waals surface area contributed by atoms with Gasteiger partial charge in [0.15, 0.2) is 0 Å². The first kappa shape index (κ1) is 24.8. The van der Waals surface area contributed by atoms with Crippen molar-refractivity contribution >= 4 is 21.6 Å². The molecule has 0 radical (unpaired) electrons. The Morgan fingerprint density at radius 1 is 0.971 bits per heavy atom. The van der Waals surface area contributed by atoms with Gasteiger partial charge in [-0.25, -0.2) is 8.42 Å². The number of hydrogen-bond donors (Lipinski definition) is 2. The Morgan fingerprint density at radius 2 is 1.63 bits per heavy atom. The molecule has 7 nitrogen and oxygen atoms in total. The maximum atomic E-state index is 12.9. The van der Waals surface area contributed by atoms with Crippen molar-refractivity contribution in [1.29, 1.82) is 0 Å². The molecule has 1 heterocycles. The van der Waals surface area contributed by atoms with Crippen LogP contribution in [0.2, 0.25) is 0 Å². The van der Waals surface area contributed by atoms with Crippen LogP contribution >= 0.6 is 0 Å². The van der Waals surface area contributed by atoms with Crippen molar-refractivity contribution in [2.45, 2.75) is 30.7 Å². The SMILES string of the molecule is COc1ccc(C(CNC(=O)c2ccc(S(=O)(=O)Nc3ccccc3C)cc2)N2CCCC2)cc1. The molecule has 1 fully saturated rings. The van der Waals surface area contributed by atoms with Crippen molar-refractivity contribution in [2.75, 3.05) is 31.5 Å². The number of nitrogens with zero attached hydrogens (tertiary/aromatic N) is 1. The zero-order chi connectivity index (χ0) is 24.8. The number of amides is 1. The number of sulfonamides is 1. The van der Waals surface area contributed by atoms with Gasteiger partial charge in [0.1, 0.15) is 5.75 Å². The maximum absolute atomic E-state index is 12.9. The monoisotopic (exact) mass is 493 g/mol. The first-order valence-electron chi connectivity index (χ1n) is 11.7. The molecule has 1 saturated heterocycles. The highest BCUT2D eigenvalue weighted by Gasteiger charge is 2.24. The minimum atomic E-state index is -3.76. The van der Waals surface area contributed by atoms with Gasteiger partial charge in [0.2, 0.25) is 0 Å². The van der Waals surface area contributed by atoms with E-state index in [1.54, 1.807) is 31.4 Å². The zero-order valence-corrected chi connectivity index (χ0v) is 20.8. The summed E-state index contributed by atoms with van der Waals surface area (Å²) in [6.45, 7) is 4.28. The molecule has 3 aromatic carbocycles. The first-order valence-corrected chi connectivity index (χ1v) is 13.2. The largest absolute Gasteiger partial charge is 0.497 e. The van der Waals surface area contributed by atoms with Crippen molar-refractivity contribution in [3.63, 3.8) is 0 Å². The molecule has 1 unspecified atom stereocenters. The maximum Gasteiger partial charge on any atom is 0.261 e. The molecule has 0 saturated carbocycles. The van der Waals surface area contributed by atoms with Crippen LogP contribution in [0.1, 0.15) is 40.4 Å². The Balaban J connectivity index is 1.43. The van der Waals surface area contributed by atoms with Crippen LogP contribution in [0.25, 0.3) is 0 Å². The number of ether oxygens (including phenoxy) is 1. The lowest BCUT2D eigenvalue weighted by molar-refractivity contribution is 0.0937. The van der Waals surface area contributed by atoms with E-state index in [1.165, 1.54) is 12.1 Å². The summed E-state index contributed by atoms with van der Waals surface area (Å²) in [4.78, 5) is 15.4. The van der Waals surface area contributed by atoms with Gasteiger partial charge in [0, 0.05) is 12.1 Å². The van der Waals surface area contributed by atoms with Gasteiger partial charge in [-0.1, -0.05) is 30.3 Å². The smallest absolute Gasteiger partial charge is 0.261 e. The van der Waals surface area contributed by atoms with Gasteiger partial charge in [-0.3, -0.25) is 14.4 Å². The molecule has 184 valence electrons. The third-order valence-corrected chi connectivity index (χ3v) is 7.74. The van der Waals surface area contributed by atoms with Crippen molar-refractivity contribution in [1.82, 2.24) is 10.2 Å². The summed E-state index contributed by atoms with van der Waals surface area (Å²) in [6, 6.07) is 21.2. The van der Waals surface area contributed by atoms with E-state index in [0.29, 0.717) is 17.8 Å². The molecule has 0 bridgehead atoms. The van der Waals surface area contributed by atoms with Crippen molar-refractivity contribution in [3.05, 3.63) is 89.5 Å². The van der Waals surface area contributed by atoms with Crippen LogP contribution in [0, 0.1) is 6.92 Å². The molecule has 4 rings (SSSR count). The number of anilines is 1. The average molecular weight is 494 g/mol. The molecule has 1 aliphatic heterocycles. The number of methoxy groups -OCH3 is 1. The first-order chi connectivity index (χ1) is 16.9. The van der Waals surface area contributed by atoms with E-state index in [2.05, 4.69) is 14.9 Å². The summed E-state index contributed by atoms with van der Waals surface area (Å²) >= 11 is 0. The molecule has 0 aromatic heterocycles. The third-order valence-electron chi connectivity index (χ3n) is 6.35. The van der Waals surface area contributed by atoms with Crippen LogP contribution in [0.15, 0.2) is 77.7 Å². The Kier molecular flexibility index (Phi) is 7.73. The minimum Gasteiger partial charge on any atom is -0.497 e. The predicted octanol–water partition coefficient (Wildman–Crippen LogP) is 4.37. The highest BCUT2D eigenvalue weighted by Crippen LogP contribution is 2.26. The summed E-state index contributed by atoms with van der Waals surface area (Å²) < 4.78 is 33.4. The van der Waals surface area contributed by atoms with E-state index in [4.69, 9.17) is 4.74 Å². The predicted molar refractivity (Wildman–Crippen MR) is 137 cm³/mol. The average Bonchev–Trinajstić information content (AvgIpc) is 3.40. The summed E-state index contributed by atoms with van der Waals surface area (Å²) in [5, 5.41) is 3.03. The van der Waals surface area contributed by atoms with E-state index in [9.17, 15) is 13.2 Å². The van der Waals surface area contributed by atoms with E-state index in [1.807, 2.05) is 43.3 Å². The van der Waals surface area contributed by atoms with Gasteiger partial charge >= 0.3 is 0 Å². The molecule has 1 amide bonds. The quantitative estimate of drug-likeness (QED) is 0.462. The summed E-state index contributed by atoms with van der Waals surface area (Å²) in [6.07, 6.45) is 2.29. The summed E-state index contributed by atoms with van der Waals surface area (Å²) in [5.74, 6) is 0.559. The molecule has 3 aromatic rings. The fourth-order valence-electron chi connectivity index (χ4n) is 4.31. The van der Waals surface area contributed by atoms with E-state index < -0.39 is 10.0 Å². The Labute approximate surface area is 207 Å². The zero-order valence-electron chi connectivity index (χ0n) is 20.0. The molecule has 0 spiro atoms. The van der Waals surface area contributed by atoms with Gasteiger partial charge in [-0.2, -0.15) is 0 Å². The Hall–Kier alpha value is -3.36. The molecule has 0 aliphatic carbocycles. The lowest BCUT2D eigenvalue weighted by atomic mass is 10.0. The number of aryl methyl sites for hydroxylation is 1. The van der Waals surface area contributed by atoms with Gasteiger partial charge in [0.25, 0.3) is 15.9 Å². The molecular weight excluding hydrogens is 462 g/mol. The van der Waals surface area contributed by atoms with Gasteiger partial charge < -0.3 is 10.1 Å². The van der Waals surface area contributed by atoms with Crippen LogP contribution in [0.5, 0.6) is 5.75 Å². The van der Waals surface area contributed by atoms with Gasteiger partial charge in [-0.05, 0) is 86.4 Å². The number of benzene rings is 3. The fraction of sp³-hybridized carbons (Fsp3) is 0.296. The standard InChI is InChI=1S/C27H31N3O4S/c1-20-7-3-4-8-25(20)29-35(32,33)24-15-11-22(12-16-24)27(31)28-19-26(30-17-5-6-18-30)21-9-13-23(34-2)14-10-21/h3-4,7-16,26,29H,5-6,17-19H2,1-2H3,(H,28,31). The number of carbonyl (C=O) groups is 1. The number of carbonyl (C=O) groups excluding carboxylic acids is 1. The second kappa shape index (κ2) is 10.9. The normalized spacial score (nSPS) is 14.9. The number of rotatable bonds is 9. The van der Waals surface area contributed by atoms with Crippen molar-refractivity contribution in [3.8, 4) is 5.75 Å². The Bertz CT molecular complexity index is 1250. The molecule has 1 aliphatic rings. The van der Waals surface area contributed by atoms with Crippen molar-refractivity contribution in [2.24, 2.45) is 0 Å². The highest BCUT2D eigenvalue weighted by atomic mass is 32.2. The van der Waals surface area contributed by atoms with Gasteiger partial charge in [-0.15, -0.1) is 0 Å². The van der Waals surface area contributed by atoms with E-state index in [0.717, 1.165) is 42.8 Å². The molecular formula is C27H31N3O4S. The van der Waals surface area contributed by atoms with E-state index >= 15 is 0 Å². The minimum absolute atomic E-state index is 0.0605. The summed E-state index contributed by atoms with van der Waals surface area (Å²) in [5.41, 5.74) is 2.89. The lowest BCUT2D eigenvalue weighted by Crippen LogP contribution is -2.36. The van der Waals surface area contributed by atoms with Crippen molar-refractivity contribution < 1.29 is 17.9 Å². The number of hydrogen-bond acceptors (Lipinski definition) is 5. The Morgan fingerprint density at radius 3 is 2.26 bits per heavy atom. The number of likely N-dealkylation sites (tertiary alicyclic amines) is 1. The van der Waals surface area contributed by atoms with Crippen LogP contribution in [-0.2, 0) is 10.0 Å². The molecule has 8 heteroatoms. The topological polar surface area (TPSA) is 87.7 Å². The number of para-hydroxylation sites is 1. The fourth-order valence-corrected chi connectivity index (χ4v) is 5.44. The lowest BCUT2D eigenvalue weighted by Gasteiger charge is -2.28. The third kappa shape index (κ3) is 6.01. The number of nitrogens with one attached hydrogen (secondary N) is 2. The molecule has 2 N–H and O–H groups in total. The molecule has 35 heavy (non-hydrogen) atoms. The van der Waals surface area contributed by atoms with Gasteiger partial charge in [0.05, 0.1) is 23.7 Å². The van der Waals surface area contributed by atoms with Crippen LogP contribution in [-0.4, -0.2) is 46.0 Å². The second-order valence-corrected chi connectivity index (χ2v) is 10.4.